The first-order chi connectivity index (χ1) is 8.47. The fourth-order valence-electron chi connectivity index (χ4n) is 2.41. The number of nitrogens with zero attached hydrogens (tertiary/aromatic N) is 1. The third-order valence-corrected chi connectivity index (χ3v) is 3.65. The molecule has 0 bridgehead atoms. The van der Waals surface area contributed by atoms with Crippen LogP contribution in [-0.4, -0.2) is 29.1 Å². The van der Waals surface area contributed by atoms with Gasteiger partial charge in [0.25, 0.3) is 0 Å². The molecule has 0 saturated carbocycles. The molecule has 2 atom stereocenters. The average molecular weight is 272 g/mol. The summed E-state index contributed by atoms with van der Waals surface area (Å²) in [5, 5.41) is 9.41. The van der Waals surface area contributed by atoms with Gasteiger partial charge >= 0.3 is 5.97 Å². The average Bonchev–Trinajstić information content (AvgIpc) is 2.64. The van der Waals surface area contributed by atoms with Gasteiger partial charge in [0, 0.05) is 30.2 Å². The van der Waals surface area contributed by atoms with Crippen LogP contribution in [0.2, 0.25) is 5.02 Å². The Kier molecular flexibility index (Phi) is 3.88. The second-order valence-corrected chi connectivity index (χ2v) is 5.29. The Morgan fingerprint density at radius 1 is 1.56 bits per heavy atom. The molecule has 2 rings (SSSR count). The van der Waals surface area contributed by atoms with E-state index in [1.54, 1.807) is 12.1 Å². The predicted molar refractivity (Wildman–Crippen MR) is 67.0 cm³/mol. The molecule has 5 heteroatoms. The van der Waals surface area contributed by atoms with Crippen molar-refractivity contribution in [3.05, 3.63) is 34.6 Å². The van der Waals surface area contributed by atoms with Gasteiger partial charge in [0.05, 0.1) is 5.92 Å². The minimum absolute atomic E-state index is 0.0952. The maximum absolute atomic E-state index is 13.6. The molecule has 1 fully saturated rings. The van der Waals surface area contributed by atoms with Crippen LogP contribution >= 0.6 is 11.6 Å². The highest BCUT2D eigenvalue weighted by molar-refractivity contribution is 6.30. The number of hydrogen-bond acceptors (Lipinski definition) is 2. The molecule has 1 aromatic carbocycles. The van der Waals surface area contributed by atoms with Crippen molar-refractivity contribution in [2.75, 3.05) is 13.1 Å². The molecule has 0 amide bonds. The van der Waals surface area contributed by atoms with E-state index in [4.69, 9.17) is 16.7 Å². The Bertz CT molecular complexity index is 466. The van der Waals surface area contributed by atoms with Crippen LogP contribution < -0.4 is 0 Å². The lowest BCUT2D eigenvalue weighted by molar-refractivity contribution is -0.142. The molecule has 1 aliphatic heterocycles. The first-order valence-electron chi connectivity index (χ1n) is 5.86. The molecule has 1 saturated heterocycles. The van der Waals surface area contributed by atoms with E-state index >= 15 is 0 Å². The first-order valence-corrected chi connectivity index (χ1v) is 6.24. The number of rotatable bonds is 3. The van der Waals surface area contributed by atoms with Gasteiger partial charge in [-0.2, -0.15) is 0 Å². The third kappa shape index (κ3) is 2.82. The van der Waals surface area contributed by atoms with Crippen LogP contribution in [0.25, 0.3) is 0 Å². The van der Waals surface area contributed by atoms with Crippen molar-refractivity contribution in [3.8, 4) is 0 Å². The van der Waals surface area contributed by atoms with Crippen molar-refractivity contribution in [2.24, 2.45) is 11.8 Å². The van der Waals surface area contributed by atoms with E-state index in [-0.39, 0.29) is 17.7 Å². The number of halogens is 2. The number of carboxylic acid groups (broad SMARTS) is 1. The molecule has 0 spiro atoms. The Labute approximate surface area is 110 Å². The lowest BCUT2D eigenvalue weighted by Crippen LogP contribution is -2.23. The number of carboxylic acids is 1. The highest BCUT2D eigenvalue weighted by Crippen LogP contribution is 2.25. The third-order valence-electron chi connectivity index (χ3n) is 3.41. The van der Waals surface area contributed by atoms with Crippen LogP contribution in [0, 0.1) is 17.7 Å². The molecule has 0 aliphatic carbocycles. The summed E-state index contributed by atoms with van der Waals surface area (Å²) in [6, 6.07) is 4.58. The van der Waals surface area contributed by atoms with Crippen LogP contribution in [0.15, 0.2) is 18.2 Å². The van der Waals surface area contributed by atoms with Crippen LogP contribution in [0.4, 0.5) is 4.39 Å². The topological polar surface area (TPSA) is 40.5 Å². The van der Waals surface area contributed by atoms with Gasteiger partial charge in [0.2, 0.25) is 0 Å². The predicted octanol–water partition coefficient (Wildman–Crippen LogP) is 2.63. The Morgan fingerprint density at radius 3 is 2.83 bits per heavy atom. The molecule has 3 nitrogen and oxygen atoms in total. The second-order valence-electron chi connectivity index (χ2n) is 4.85. The Hall–Kier alpha value is -1.13. The molecule has 1 aliphatic rings. The highest BCUT2D eigenvalue weighted by Gasteiger charge is 2.34. The Balaban J connectivity index is 2.05. The molecular weight excluding hydrogens is 257 g/mol. The molecule has 1 heterocycles. The fourth-order valence-corrected chi connectivity index (χ4v) is 2.57. The zero-order valence-corrected chi connectivity index (χ0v) is 10.8. The first kappa shape index (κ1) is 13.3. The summed E-state index contributed by atoms with van der Waals surface area (Å²) in [5.74, 6) is -1.38. The van der Waals surface area contributed by atoms with Gasteiger partial charge in [-0.15, -0.1) is 0 Å². The van der Waals surface area contributed by atoms with Crippen molar-refractivity contribution in [1.82, 2.24) is 4.90 Å². The summed E-state index contributed by atoms with van der Waals surface area (Å²) in [4.78, 5) is 13.0. The maximum Gasteiger partial charge on any atom is 0.308 e. The summed E-state index contributed by atoms with van der Waals surface area (Å²) in [6.45, 7) is 3.49. The van der Waals surface area contributed by atoms with Gasteiger partial charge in [-0.25, -0.2) is 4.39 Å². The normalized spacial score (nSPS) is 24.4. The van der Waals surface area contributed by atoms with Crippen LogP contribution in [0.1, 0.15) is 12.5 Å². The van der Waals surface area contributed by atoms with Crippen molar-refractivity contribution in [2.45, 2.75) is 13.5 Å². The summed E-state index contributed by atoms with van der Waals surface area (Å²) in [5.41, 5.74) is 0.553. The number of hydrogen-bond donors (Lipinski definition) is 1. The van der Waals surface area contributed by atoms with Crippen LogP contribution in [-0.2, 0) is 11.3 Å². The van der Waals surface area contributed by atoms with Crippen molar-refractivity contribution >= 4 is 17.6 Å². The van der Waals surface area contributed by atoms with Crippen molar-refractivity contribution in [1.29, 1.82) is 0 Å². The zero-order chi connectivity index (χ0) is 13.3. The van der Waals surface area contributed by atoms with Gasteiger partial charge < -0.3 is 5.11 Å². The standard InChI is InChI=1S/C13H15ClFNO2/c1-8-5-16(7-11(8)13(17)18)6-9-2-3-10(14)4-12(9)15/h2-4,8,11H,5-7H2,1H3,(H,17,18). The van der Waals surface area contributed by atoms with E-state index in [0.29, 0.717) is 30.2 Å². The van der Waals surface area contributed by atoms with Crippen LogP contribution in [0.5, 0.6) is 0 Å². The molecule has 0 aromatic heterocycles. The molecule has 98 valence electrons. The zero-order valence-electron chi connectivity index (χ0n) is 10.1. The summed E-state index contributed by atoms with van der Waals surface area (Å²) in [7, 11) is 0. The lowest BCUT2D eigenvalue weighted by atomic mass is 9.99. The molecule has 1 N–H and O–H groups in total. The molecule has 2 unspecified atom stereocenters. The summed E-state index contributed by atoms with van der Waals surface area (Å²) < 4.78 is 13.6. The smallest absolute Gasteiger partial charge is 0.308 e. The monoisotopic (exact) mass is 271 g/mol. The fraction of sp³-hybridized carbons (Fsp3) is 0.462. The van der Waals surface area contributed by atoms with E-state index in [0.717, 1.165) is 0 Å². The number of carbonyl (C=O) groups is 1. The minimum atomic E-state index is -0.776. The molecule has 18 heavy (non-hydrogen) atoms. The van der Waals surface area contributed by atoms with Gasteiger partial charge in [0.15, 0.2) is 0 Å². The molecule has 0 radical (unpaired) electrons. The maximum atomic E-state index is 13.6. The molecular formula is C13H15ClFNO2. The Morgan fingerprint density at radius 2 is 2.28 bits per heavy atom. The van der Waals surface area contributed by atoms with Gasteiger partial charge in [-0.1, -0.05) is 24.6 Å². The van der Waals surface area contributed by atoms with Crippen molar-refractivity contribution < 1.29 is 14.3 Å². The lowest BCUT2D eigenvalue weighted by Gasteiger charge is -2.15. The van der Waals surface area contributed by atoms with Crippen LogP contribution in [0.3, 0.4) is 0 Å². The van der Waals surface area contributed by atoms with Gasteiger partial charge in [-0.05, 0) is 18.1 Å². The van der Waals surface area contributed by atoms with E-state index in [9.17, 15) is 9.18 Å². The SMILES string of the molecule is CC1CN(Cc2ccc(Cl)cc2F)CC1C(=O)O. The summed E-state index contributed by atoms with van der Waals surface area (Å²) >= 11 is 5.69. The van der Waals surface area contributed by atoms with E-state index in [2.05, 4.69) is 0 Å². The van der Waals surface area contributed by atoms with Gasteiger partial charge in [0.1, 0.15) is 5.82 Å². The summed E-state index contributed by atoms with van der Waals surface area (Å²) in [6.07, 6.45) is 0. The van der Waals surface area contributed by atoms with E-state index < -0.39 is 5.97 Å². The second kappa shape index (κ2) is 5.24. The highest BCUT2D eigenvalue weighted by atomic mass is 35.5. The molecule has 1 aromatic rings. The van der Waals surface area contributed by atoms with Gasteiger partial charge in [-0.3, -0.25) is 9.69 Å². The largest absolute Gasteiger partial charge is 0.481 e. The quantitative estimate of drug-likeness (QED) is 0.919. The number of likely N-dealkylation sites (tertiary alicyclic amines) is 1. The van der Waals surface area contributed by atoms with Crippen molar-refractivity contribution in [3.63, 3.8) is 0 Å². The number of aliphatic carboxylic acids is 1. The number of benzene rings is 1. The van der Waals surface area contributed by atoms with E-state index in [1.807, 2.05) is 11.8 Å². The van der Waals surface area contributed by atoms with E-state index in [1.165, 1.54) is 6.07 Å². The minimum Gasteiger partial charge on any atom is -0.481 e.